The van der Waals surface area contributed by atoms with E-state index in [0.717, 1.165) is 18.9 Å². The van der Waals surface area contributed by atoms with E-state index < -0.39 is 17.7 Å². The van der Waals surface area contributed by atoms with Crippen molar-refractivity contribution in [3.63, 3.8) is 0 Å². The molecule has 19 heavy (non-hydrogen) atoms. The van der Waals surface area contributed by atoms with Gasteiger partial charge < -0.3 is 5.73 Å². The van der Waals surface area contributed by atoms with E-state index in [1.165, 1.54) is 38.2 Å². The fourth-order valence-electron chi connectivity index (χ4n) is 2.28. The van der Waals surface area contributed by atoms with Gasteiger partial charge in [-0.05, 0) is 12.5 Å². The summed E-state index contributed by atoms with van der Waals surface area (Å²) in [6, 6.07) is 3.81. The Morgan fingerprint density at radius 3 is 2.32 bits per heavy atom. The molecule has 0 aliphatic rings. The molecule has 1 aromatic carbocycles. The van der Waals surface area contributed by atoms with Crippen LogP contribution in [0.3, 0.4) is 0 Å². The molecule has 0 saturated heterocycles. The molecule has 0 aromatic heterocycles. The Balaban J connectivity index is 2.24. The van der Waals surface area contributed by atoms with Crippen LogP contribution in [0.2, 0.25) is 0 Å². The number of hydrogen-bond donors (Lipinski definition) is 1. The van der Waals surface area contributed by atoms with Crippen LogP contribution in [0.4, 0.5) is 8.78 Å². The number of hydrogen-bond acceptors (Lipinski definition) is 1. The van der Waals surface area contributed by atoms with Gasteiger partial charge in [-0.1, -0.05) is 64.0 Å². The molecule has 0 amide bonds. The Bertz CT molecular complexity index is 366. The molecule has 108 valence electrons. The van der Waals surface area contributed by atoms with Crippen molar-refractivity contribution in [2.24, 2.45) is 5.73 Å². The van der Waals surface area contributed by atoms with E-state index in [4.69, 9.17) is 5.73 Å². The summed E-state index contributed by atoms with van der Waals surface area (Å²) in [5, 5.41) is 0. The average molecular weight is 269 g/mol. The van der Waals surface area contributed by atoms with Crippen LogP contribution in [0.1, 0.15) is 69.9 Å². The first-order valence-electron chi connectivity index (χ1n) is 7.36. The normalized spacial score (nSPS) is 12.6. The van der Waals surface area contributed by atoms with Gasteiger partial charge in [-0.15, -0.1) is 0 Å². The van der Waals surface area contributed by atoms with Crippen LogP contribution < -0.4 is 5.73 Å². The lowest BCUT2D eigenvalue weighted by Gasteiger charge is -2.13. The Morgan fingerprint density at radius 2 is 1.63 bits per heavy atom. The zero-order chi connectivity index (χ0) is 14.1. The Kier molecular flexibility index (Phi) is 7.65. The van der Waals surface area contributed by atoms with Gasteiger partial charge >= 0.3 is 0 Å². The molecule has 3 heteroatoms. The minimum atomic E-state index is -0.812. The predicted octanol–water partition coefficient (Wildman–Crippen LogP) is 5.11. The lowest BCUT2D eigenvalue weighted by atomic mass is 9.99. The largest absolute Gasteiger partial charge is 0.324 e. The van der Waals surface area contributed by atoms with Crippen LogP contribution in [-0.2, 0) is 0 Å². The molecule has 2 N–H and O–H groups in total. The molecule has 0 saturated carbocycles. The van der Waals surface area contributed by atoms with E-state index >= 15 is 0 Å². The molecule has 1 atom stereocenters. The van der Waals surface area contributed by atoms with Crippen molar-refractivity contribution in [3.05, 3.63) is 35.4 Å². The van der Waals surface area contributed by atoms with Crippen LogP contribution in [0.15, 0.2) is 18.2 Å². The third-order valence-corrected chi connectivity index (χ3v) is 3.50. The summed E-state index contributed by atoms with van der Waals surface area (Å²) in [5.41, 5.74) is 6.22. The second-order valence-electron chi connectivity index (χ2n) is 5.16. The molecule has 1 nitrogen and oxygen atoms in total. The van der Waals surface area contributed by atoms with Crippen LogP contribution >= 0.6 is 0 Å². The summed E-state index contributed by atoms with van der Waals surface area (Å²) < 4.78 is 26.6. The average Bonchev–Trinajstić information content (AvgIpc) is 2.40. The van der Waals surface area contributed by atoms with Gasteiger partial charge in [0.25, 0.3) is 0 Å². The fourth-order valence-corrected chi connectivity index (χ4v) is 2.28. The topological polar surface area (TPSA) is 26.0 Å². The summed E-state index contributed by atoms with van der Waals surface area (Å²) in [4.78, 5) is 0. The van der Waals surface area contributed by atoms with Crippen molar-refractivity contribution < 1.29 is 8.78 Å². The number of rotatable bonds is 9. The van der Waals surface area contributed by atoms with Crippen LogP contribution in [0.5, 0.6) is 0 Å². The molecule has 0 bridgehead atoms. The van der Waals surface area contributed by atoms with Crippen molar-refractivity contribution in [1.29, 1.82) is 0 Å². The second kappa shape index (κ2) is 9.03. The molecular formula is C16H25F2N. The SMILES string of the molecule is CCCCCCCCCC(N)c1cccc(F)c1F. The molecule has 1 rings (SSSR count). The van der Waals surface area contributed by atoms with E-state index in [1.807, 2.05) is 0 Å². The maximum Gasteiger partial charge on any atom is 0.163 e. The molecule has 0 spiro atoms. The molecular weight excluding hydrogens is 244 g/mol. The van der Waals surface area contributed by atoms with Gasteiger partial charge in [0.1, 0.15) is 0 Å². The number of benzene rings is 1. The van der Waals surface area contributed by atoms with Gasteiger partial charge in [0.2, 0.25) is 0 Å². The maximum absolute atomic E-state index is 13.5. The van der Waals surface area contributed by atoms with Crippen molar-refractivity contribution >= 4 is 0 Å². The van der Waals surface area contributed by atoms with E-state index in [0.29, 0.717) is 12.0 Å². The van der Waals surface area contributed by atoms with Gasteiger partial charge in [-0.2, -0.15) is 0 Å². The van der Waals surface area contributed by atoms with Gasteiger partial charge in [0.15, 0.2) is 11.6 Å². The van der Waals surface area contributed by atoms with E-state index in [1.54, 1.807) is 6.07 Å². The predicted molar refractivity (Wildman–Crippen MR) is 75.9 cm³/mol. The molecule has 1 aromatic rings. The monoisotopic (exact) mass is 269 g/mol. The number of nitrogens with two attached hydrogens (primary N) is 1. The summed E-state index contributed by atoms with van der Waals surface area (Å²) in [6.45, 7) is 2.20. The Morgan fingerprint density at radius 1 is 1.00 bits per heavy atom. The molecule has 0 radical (unpaired) electrons. The maximum atomic E-state index is 13.5. The first-order valence-corrected chi connectivity index (χ1v) is 7.36. The lowest BCUT2D eigenvalue weighted by Crippen LogP contribution is -2.12. The van der Waals surface area contributed by atoms with E-state index in [2.05, 4.69) is 6.92 Å². The zero-order valence-corrected chi connectivity index (χ0v) is 11.8. The Labute approximate surface area is 115 Å². The Hall–Kier alpha value is -0.960. The molecule has 0 aliphatic carbocycles. The highest BCUT2D eigenvalue weighted by atomic mass is 19.2. The molecule has 0 fully saturated rings. The summed E-state index contributed by atoms with van der Waals surface area (Å²) >= 11 is 0. The van der Waals surface area contributed by atoms with E-state index in [-0.39, 0.29) is 0 Å². The smallest absolute Gasteiger partial charge is 0.163 e. The highest BCUT2D eigenvalue weighted by molar-refractivity contribution is 5.22. The minimum absolute atomic E-state index is 0.297. The molecule has 1 unspecified atom stereocenters. The zero-order valence-electron chi connectivity index (χ0n) is 11.8. The highest BCUT2D eigenvalue weighted by Crippen LogP contribution is 2.22. The minimum Gasteiger partial charge on any atom is -0.324 e. The second-order valence-corrected chi connectivity index (χ2v) is 5.16. The van der Waals surface area contributed by atoms with Crippen LogP contribution in [-0.4, -0.2) is 0 Å². The summed E-state index contributed by atoms with van der Waals surface area (Å²) in [6.07, 6.45) is 9.13. The lowest BCUT2D eigenvalue weighted by molar-refractivity contribution is 0.475. The van der Waals surface area contributed by atoms with Gasteiger partial charge in [0.05, 0.1) is 0 Å². The van der Waals surface area contributed by atoms with Gasteiger partial charge in [-0.25, -0.2) is 8.78 Å². The van der Waals surface area contributed by atoms with E-state index in [9.17, 15) is 8.78 Å². The molecule has 0 aliphatic heterocycles. The number of halogens is 2. The summed E-state index contributed by atoms with van der Waals surface area (Å²) in [5.74, 6) is -1.61. The highest BCUT2D eigenvalue weighted by Gasteiger charge is 2.13. The van der Waals surface area contributed by atoms with Crippen molar-refractivity contribution in [3.8, 4) is 0 Å². The van der Waals surface area contributed by atoms with Crippen LogP contribution in [0.25, 0.3) is 0 Å². The van der Waals surface area contributed by atoms with Gasteiger partial charge in [-0.3, -0.25) is 0 Å². The first kappa shape index (κ1) is 16.1. The van der Waals surface area contributed by atoms with Crippen molar-refractivity contribution in [2.45, 2.75) is 64.3 Å². The quantitative estimate of drug-likeness (QED) is 0.620. The number of unbranched alkanes of at least 4 members (excludes halogenated alkanes) is 6. The van der Waals surface area contributed by atoms with Gasteiger partial charge in [0, 0.05) is 11.6 Å². The van der Waals surface area contributed by atoms with Crippen molar-refractivity contribution in [1.82, 2.24) is 0 Å². The fraction of sp³-hybridized carbons (Fsp3) is 0.625. The standard InChI is InChI=1S/C16H25F2N/c1-2-3-4-5-6-7-8-12-15(19)13-10-9-11-14(17)16(13)18/h9-11,15H,2-8,12,19H2,1H3. The third-order valence-electron chi connectivity index (χ3n) is 3.50. The first-order chi connectivity index (χ1) is 9.16. The molecule has 0 heterocycles. The summed E-state index contributed by atoms with van der Waals surface area (Å²) in [7, 11) is 0. The van der Waals surface area contributed by atoms with Crippen molar-refractivity contribution in [2.75, 3.05) is 0 Å². The third kappa shape index (κ3) is 5.68. The van der Waals surface area contributed by atoms with Crippen LogP contribution in [0, 0.1) is 11.6 Å².